The summed E-state index contributed by atoms with van der Waals surface area (Å²) in [6.45, 7) is 9.17. The van der Waals surface area contributed by atoms with Gasteiger partial charge < -0.3 is 20.1 Å². The zero-order valence-corrected chi connectivity index (χ0v) is 19.0. The first kappa shape index (κ1) is 22.3. The molecule has 1 atom stereocenters. The van der Waals surface area contributed by atoms with Crippen molar-refractivity contribution in [3.8, 4) is 5.75 Å². The summed E-state index contributed by atoms with van der Waals surface area (Å²) in [4.78, 5) is 7.21. The van der Waals surface area contributed by atoms with Crippen LogP contribution in [-0.4, -0.2) is 48.8 Å². The zero-order chi connectivity index (χ0) is 18.4. The Balaban J connectivity index is 0.00000261. The molecule has 0 amide bonds. The van der Waals surface area contributed by atoms with Crippen LogP contribution in [0.25, 0.3) is 0 Å². The molecule has 1 aliphatic heterocycles. The first-order chi connectivity index (χ1) is 12.7. The molecule has 0 bridgehead atoms. The highest BCUT2D eigenvalue weighted by molar-refractivity contribution is 14.0. The number of benzene rings is 1. The van der Waals surface area contributed by atoms with Crippen LogP contribution in [0.15, 0.2) is 17.1 Å². The van der Waals surface area contributed by atoms with Gasteiger partial charge in [-0.2, -0.15) is 0 Å². The predicted octanol–water partition coefficient (Wildman–Crippen LogP) is 3.71. The highest BCUT2D eigenvalue weighted by atomic mass is 127. The van der Waals surface area contributed by atoms with E-state index in [-0.39, 0.29) is 24.0 Å². The molecule has 152 valence electrons. The third-order valence-electron chi connectivity index (χ3n) is 5.49. The predicted molar refractivity (Wildman–Crippen MR) is 121 cm³/mol. The van der Waals surface area contributed by atoms with E-state index in [0.29, 0.717) is 18.2 Å². The summed E-state index contributed by atoms with van der Waals surface area (Å²) in [6.07, 6.45) is 5.79. The van der Waals surface area contributed by atoms with E-state index in [1.807, 2.05) is 13.0 Å². The molecule has 2 aliphatic rings. The Bertz CT molecular complexity index is 636. The topological polar surface area (TPSA) is 57.1 Å². The minimum atomic E-state index is 0. The van der Waals surface area contributed by atoms with Crippen LogP contribution in [0, 0.1) is 5.92 Å². The number of rotatable bonds is 6. The molecule has 1 saturated heterocycles. The lowest BCUT2D eigenvalue weighted by molar-refractivity contribution is 0.114. The molecular formula is C21H34IN3O2. The van der Waals surface area contributed by atoms with Gasteiger partial charge in [0.1, 0.15) is 5.75 Å². The van der Waals surface area contributed by atoms with Gasteiger partial charge in [-0.3, -0.25) is 0 Å². The summed E-state index contributed by atoms with van der Waals surface area (Å²) in [5, 5.41) is 13.8. The highest BCUT2D eigenvalue weighted by Crippen LogP contribution is 2.31. The van der Waals surface area contributed by atoms with E-state index >= 15 is 0 Å². The molecule has 0 saturated carbocycles. The molecule has 0 spiro atoms. The molecule has 2 N–H and O–H groups in total. The number of fused-ring (bicyclic) bond motifs is 1. The summed E-state index contributed by atoms with van der Waals surface area (Å²) in [7, 11) is 0. The van der Waals surface area contributed by atoms with Crippen molar-refractivity contribution in [2.45, 2.75) is 52.5 Å². The maximum Gasteiger partial charge on any atom is 0.194 e. The molecule has 1 aromatic carbocycles. The van der Waals surface area contributed by atoms with Gasteiger partial charge in [0.15, 0.2) is 5.96 Å². The minimum absolute atomic E-state index is 0. The molecule has 1 unspecified atom stereocenters. The van der Waals surface area contributed by atoms with E-state index < -0.39 is 0 Å². The van der Waals surface area contributed by atoms with Crippen LogP contribution in [0.2, 0.25) is 0 Å². The van der Waals surface area contributed by atoms with Crippen molar-refractivity contribution in [1.29, 1.82) is 0 Å². The number of phenolic OH excluding ortho intramolecular Hbond substituents is 1. The number of likely N-dealkylation sites (tertiary alicyclic amines) is 1. The molecule has 0 aromatic heterocycles. The fraction of sp³-hybridized carbons (Fsp3) is 0.667. The lowest BCUT2D eigenvalue weighted by atomic mass is 9.88. The van der Waals surface area contributed by atoms with E-state index in [4.69, 9.17) is 9.73 Å². The maximum atomic E-state index is 10.4. The number of ether oxygens (including phenoxy) is 1. The number of aromatic hydroxyl groups is 1. The Morgan fingerprint density at radius 1 is 1.30 bits per heavy atom. The van der Waals surface area contributed by atoms with Crippen LogP contribution >= 0.6 is 24.0 Å². The van der Waals surface area contributed by atoms with Crippen molar-refractivity contribution in [3.05, 3.63) is 28.8 Å². The smallest absolute Gasteiger partial charge is 0.194 e. The van der Waals surface area contributed by atoms with Gasteiger partial charge in [0.05, 0.1) is 13.2 Å². The maximum absolute atomic E-state index is 10.4. The molecule has 0 radical (unpaired) electrons. The fourth-order valence-electron chi connectivity index (χ4n) is 4.09. The second-order valence-corrected chi connectivity index (χ2v) is 7.34. The van der Waals surface area contributed by atoms with Crippen LogP contribution in [0.1, 0.15) is 49.8 Å². The summed E-state index contributed by atoms with van der Waals surface area (Å²) in [6, 6.07) is 3.93. The molecule has 1 aliphatic carbocycles. The lowest BCUT2D eigenvalue weighted by Gasteiger charge is -2.23. The van der Waals surface area contributed by atoms with E-state index in [1.165, 1.54) is 24.0 Å². The van der Waals surface area contributed by atoms with Gasteiger partial charge in [0.2, 0.25) is 0 Å². The van der Waals surface area contributed by atoms with E-state index in [0.717, 1.165) is 63.6 Å². The zero-order valence-electron chi connectivity index (χ0n) is 16.7. The summed E-state index contributed by atoms with van der Waals surface area (Å²) < 4.78 is 5.59. The monoisotopic (exact) mass is 487 g/mol. The van der Waals surface area contributed by atoms with Gasteiger partial charge in [-0.25, -0.2) is 4.99 Å². The Kier molecular flexibility index (Phi) is 9.15. The van der Waals surface area contributed by atoms with E-state index in [9.17, 15) is 5.11 Å². The molecule has 1 fully saturated rings. The van der Waals surface area contributed by atoms with E-state index in [2.05, 4.69) is 23.2 Å². The Labute approximate surface area is 180 Å². The highest BCUT2D eigenvalue weighted by Gasteiger charge is 2.25. The number of aryl methyl sites for hydroxylation is 1. The first-order valence-corrected chi connectivity index (χ1v) is 10.2. The van der Waals surface area contributed by atoms with Crippen molar-refractivity contribution < 1.29 is 9.84 Å². The van der Waals surface area contributed by atoms with Gasteiger partial charge in [-0.15, -0.1) is 24.0 Å². The number of nitrogens with zero attached hydrogens (tertiary/aromatic N) is 2. The summed E-state index contributed by atoms with van der Waals surface area (Å²) in [5.41, 5.74) is 3.73. The third-order valence-corrected chi connectivity index (χ3v) is 5.49. The molecular weight excluding hydrogens is 453 g/mol. The number of halogens is 1. The third kappa shape index (κ3) is 5.73. The van der Waals surface area contributed by atoms with Crippen molar-refractivity contribution in [2.75, 3.05) is 32.8 Å². The van der Waals surface area contributed by atoms with Crippen LogP contribution in [0.5, 0.6) is 5.75 Å². The number of hydrogen-bond donors (Lipinski definition) is 2. The van der Waals surface area contributed by atoms with Gasteiger partial charge in [0, 0.05) is 37.7 Å². The summed E-state index contributed by atoms with van der Waals surface area (Å²) >= 11 is 0. The Morgan fingerprint density at radius 2 is 2.11 bits per heavy atom. The molecule has 6 heteroatoms. The fourth-order valence-corrected chi connectivity index (χ4v) is 4.09. The van der Waals surface area contributed by atoms with E-state index in [1.54, 1.807) is 0 Å². The number of phenols is 1. The first-order valence-electron chi connectivity index (χ1n) is 10.2. The average Bonchev–Trinajstić information content (AvgIpc) is 3.13. The van der Waals surface area contributed by atoms with Gasteiger partial charge in [0.25, 0.3) is 0 Å². The van der Waals surface area contributed by atoms with Gasteiger partial charge >= 0.3 is 0 Å². The van der Waals surface area contributed by atoms with Crippen molar-refractivity contribution >= 4 is 29.9 Å². The normalized spacial score (nSPS) is 19.6. The lowest BCUT2D eigenvalue weighted by Crippen LogP contribution is -2.40. The second kappa shape index (κ2) is 11.1. The van der Waals surface area contributed by atoms with Crippen LogP contribution in [0.4, 0.5) is 0 Å². The second-order valence-electron chi connectivity index (χ2n) is 7.34. The largest absolute Gasteiger partial charge is 0.508 e. The minimum Gasteiger partial charge on any atom is -0.508 e. The molecule has 1 heterocycles. The molecule has 27 heavy (non-hydrogen) atoms. The standard InChI is InChI=1S/C21H33N3O2.HI/c1-3-22-21(24-12-11-16(14-24)15-26-4-2)23-13-19-18-8-6-5-7-17(18)9-10-20(19)25;/h9-10,16,25H,3-8,11-15H2,1-2H3,(H,22,23);1H. The molecule has 1 aromatic rings. The van der Waals surface area contributed by atoms with Crippen LogP contribution < -0.4 is 5.32 Å². The Hall–Kier alpha value is -1.02. The van der Waals surface area contributed by atoms with Crippen LogP contribution in [0.3, 0.4) is 0 Å². The number of nitrogens with one attached hydrogen (secondary N) is 1. The number of hydrogen-bond acceptors (Lipinski definition) is 3. The Morgan fingerprint density at radius 3 is 2.89 bits per heavy atom. The summed E-state index contributed by atoms with van der Waals surface area (Å²) in [5.74, 6) is 1.93. The molecule has 5 nitrogen and oxygen atoms in total. The van der Waals surface area contributed by atoms with Gasteiger partial charge in [-0.05, 0) is 63.1 Å². The SMILES string of the molecule is CCNC(=NCc1c(O)ccc2c1CCCC2)N1CCC(COCC)C1.I. The number of aliphatic imine (C=N–C) groups is 1. The number of guanidine groups is 1. The average molecular weight is 487 g/mol. The van der Waals surface area contributed by atoms with Crippen molar-refractivity contribution in [2.24, 2.45) is 10.9 Å². The quantitative estimate of drug-likeness (QED) is 0.365. The van der Waals surface area contributed by atoms with Crippen molar-refractivity contribution in [3.63, 3.8) is 0 Å². The van der Waals surface area contributed by atoms with Crippen molar-refractivity contribution in [1.82, 2.24) is 10.2 Å². The van der Waals surface area contributed by atoms with Crippen LogP contribution in [-0.2, 0) is 24.1 Å². The van der Waals surface area contributed by atoms with Gasteiger partial charge in [-0.1, -0.05) is 6.07 Å². The molecule has 3 rings (SSSR count).